The van der Waals surface area contributed by atoms with Crippen molar-refractivity contribution in [1.82, 2.24) is 14.5 Å². The summed E-state index contributed by atoms with van der Waals surface area (Å²) in [6, 6.07) is 15.8. The Labute approximate surface area is 180 Å². The topological polar surface area (TPSA) is 67.6 Å². The molecular formula is C25H24N4O2. The highest BCUT2D eigenvalue weighted by Crippen LogP contribution is 2.31. The van der Waals surface area contributed by atoms with E-state index in [1.807, 2.05) is 74.1 Å². The normalized spacial score (nSPS) is 12.3. The lowest BCUT2D eigenvalue weighted by Gasteiger charge is -2.25. The lowest BCUT2D eigenvalue weighted by Crippen LogP contribution is -2.23. The van der Waals surface area contributed by atoms with Crippen molar-refractivity contribution >= 4 is 16.5 Å². The molecule has 0 aliphatic rings. The van der Waals surface area contributed by atoms with Gasteiger partial charge in [0.2, 0.25) is 5.43 Å². The van der Waals surface area contributed by atoms with Crippen LogP contribution < -0.4 is 5.43 Å². The molecule has 1 atom stereocenters. The van der Waals surface area contributed by atoms with Crippen molar-refractivity contribution in [3.63, 3.8) is 0 Å². The van der Waals surface area contributed by atoms with Crippen LogP contribution in [0.2, 0.25) is 0 Å². The van der Waals surface area contributed by atoms with Gasteiger partial charge in [-0.1, -0.05) is 30.3 Å². The van der Waals surface area contributed by atoms with Gasteiger partial charge in [-0.2, -0.15) is 0 Å². The van der Waals surface area contributed by atoms with Gasteiger partial charge in [0.05, 0.1) is 0 Å². The number of aromatic nitrogens is 2. The van der Waals surface area contributed by atoms with Gasteiger partial charge in [-0.3, -0.25) is 9.78 Å². The summed E-state index contributed by atoms with van der Waals surface area (Å²) < 4.78 is 1.89. The molecule has 1 unspecified atom stereocenters. The summed E-state index contributed by atoms with van der Waals surface area (Å²) in [6.45, 7) is 4.05. The van der Waals surface area contributed by atoms with E-state index in [1.54, 1.807) is 0 Å². The highest BCUT2D eigenvalue weighted by atomic mass is 16.3. The van der Waals surface area contributed by atoms with Crippen LogP contribution in [0.1, 0.15) is 24.2 Å². The standard InChI is InChI=1S/C25H24N4O2/c1-16-9-19(22-14-26-13-18-7-5-6-8-21(18)22)11-20(10-16)29-15-23(27-31)25(30)12-24(29)17(2)28(3)4/h5-15,17H,1-4H3. The first-order valence-corrected chi connectivity index (χ1v) is 10.1. The minimum atomic E-state index is -0.374. The molecule has 2 heterocycles. The maximum Gasteiger partial charge on any atom is 0.211 e. The van der Waals surface area contributed by atoms with E-state index in [1.165, 1.54) is 12.3 Å². The van der Waals surface area contributed by atoms with Crippen LogP contribution in [0.15, 0.2) is 77.1 Å². The number of hydrogen-bond acceptors (Lipinski definition) is 5. The molecular weight excluding hydrogens is 388 g/mol. The summed E-state index contributed by atoms with van der Waals surface area (Å²) in [6.07, 6.45) is 5.26. The molecule has 0 saturated heterocycles. The van der Waals surface area contributed by atoms with E-state index in [2.05, 4.69) is 28.4 Å². The van der Waals surface area contributed by atoms with Crippen molar-refractivity contribution < 1.29 is 0 Å². The van der Waals surface area contributed by atoms with Gasteiger partial charge in [-0.05, 0) is 61.8 Å². The fraction of sp³-hybridized carbons (Fsp3) is 0.200. The third-order valence-corrected chi connectivity index (χ3v) is 5.68. The Kier molecular flexibility index (Phi) is 5.48. The molecule has 0 saturated carbocycles. The lowest BCUT2D eigenvalue weighted by molar-refractivity contribution is 0.311. The van der Waals surface area contributed by atoms with Gasteiger partial charge in [-0.25, -0.2) is 0 Å². The zero-order chi connectivity index (χ0) is 22.1. The predicted octanol–water partition coefficient (Wildman–Crippen LogP) is 5.38. The molecule has 0 N–H and O–H groups in total. The molecule has 0 amide bonds. The molecule has 4 aromatic rings. The third kappa shape index (κ3) is 3.90. The van der Waals surface area contributed by atoms with E-state index in [4.69, 9.17) is 0 Å². The second-order valence-electron chi connectivity index (χ2n) is 8.01. The number of hydrogen-bond donors (Lipinski definition) is 0. The second kappa shape index (κ2) is 8.24. The summed E-state index contributed by atoms with van der Waals surface area (Å²) in [7, 11) is 3.91. The molecule has 0 bridgehead atoms. The number of nitroso groups, excluding NO2 is 1. The zero-order valence-corrected chi connectivity index (χ0v) is 18.0. The number of pyridine rings is 2. The Balaban J connectivity index is 1.97. The minimum Gasteiger partial charge on any atom is -0.317 e. The molecule has 2 aromatic heterocycles. The fourth-order valence-corrected chi connectivity index (χ4v) is 3.82. The van der Waals surface area contributed by atoms with Crippen molar-refractivity contribution in [2.45, 2.75) is 19.9 Å². The van der Waals surface area contributed by atoms with E-state index < -0.39 is 0 Å². The Hall–Kier alpha value is -3.64. The first-order valence-electron chi connectivity index (χ1n) is 10.1. The molecule has 0 fully saturated rings. The highest BCUT2D eigenvalue weighted by molar-refractivity contribution is 5.96. The average molecular weight is 412 g/mol. The summed E-state index contributed by atoms with van der Waals surface area (Å²) in [5.74, 6) is 0. The maximum atomic E-state index is 12.3. The molecule has 6 heteroatoms. The average Bonchev–Trinajstić information content (AvgIpc) is 2.77. The van der Waals surface area contributed by atoms with Crippen molar-refractivity contribution in [2.24, 2.45) is 5.18 Å². The first kappa shape index (κ1) is 20.6. The van der Waals surface area contributed by atoms with E-state index >= 15 is 0 Å². The molecule has 0 aliphatic heterocycles. The van der Waals surface area contributed by atoms with Crippen molar-refractivity contribution in [3.05, 3.63) is 93.5 Å². The number of nitrogens with zero attached hydrogens (tertiary/aromatic N) is 4. The summed E-state index contributed by atoms with van der Waals surface area (Å²) in [4.78, 5) is 30.0. The molecule has 2 aromatic carbocycles. The van der Waals surface area contributed by atoms with Crippen LogP contribution in [-0.2, 0) is 0 Å². The highest BCUT2D eigenvalue weighted by Gasteiger charge is 2.17. The largest absolute Gasteiger partial charge is 0.317 e. The van der Waals surface area contributed by atoms with Crippen LogP contribution in [0.5, 0.6) is 0 Å². The first-order chi connectivity index (χ1) is 14.9. The van der Waals surface area contributed by atoms with Gasteiger partial charge in [0, 0.05) is 53.0 Å². The van der Waals surface area contributed by atoms with Gasteiger partial charge < -0.3 is 9.47 Å². The fourth-order valence-electron chi connectivity index (χ4n) is 3.82. The minimum absolute atomic E-state index is 0.0448. The molecule has 4 rings (SSSR count). The summed E-state index contributed by atoms with van der Waals surface area (Å²) >= 11 is 0. The van der Waals surface area contributed by atoms with E-state index in [9.17, 15) is 9.70 Å². The molecule has 0 spiro atoms. The van der Waals surface area contributed by atoms with Crippen LogP contribution in [0.3, 0.4) is 0 Å². The second-order valence-corrected chi connectivity index (χ2v) is 8.01. The Morgan fingerprint density at radius 3 is 2.58 bits per heavy atom. The number of aryl methyl sites for hydroxylation is 1. The van der Waals surface area contributed by atoms with E-state index in [0.717, 1.165) is 38.8 Å². The molecule has 0 radical (unpaired) electrons. The predicted molar refractivity (Wildman–Crippen MR) is 125 cm³/mol. The van der Waals surface area contributed by atoms with Crippen molar-refractivity contribution in [3.8, 4) is 16.8 Å². The SMILES string of the molecule is Cc1cc(-c2cncc3ccccc23)cc(-n2cc(N=O)c(=O)cc2C(C)N(C)C)c1. The van der Waals surface area contributed by atoms with Gasteiger partial charge >= 0.3 is 0 Å². The quantitative estimate of drug-likeness (QED) is 0.413. The number of rotatable bonds is 5. The van der Waals surface area contributed by atoms with Gasteiger partial charge in [0.25, 0.3) is 0 Å². The molecule has 6 nitrogen and oxygen atoms in total. The lowest BCUT2D eigenvalue weighted by atomic mass is 9.98. The van der Waals surface area contributed by atoms with Crippen LogP contribution in [-0.4, -0.2) is 28.5 Å². The van der Waals surface area contributed by atoms with Crippen molar-refractivity contribution in [1.29, 1.82) is 0 Å². The third-order valence-electron chi connectivity index (χ3n) is 5.68. The molecule has 156 valence electrons. The van der Waals surface area contributed by atoms with Gasteiger partial charge in [-0.15, -0.1) is 4.91 Å². The van der Waals surface area contributed by atoms with E-state index in [-0.39, 0.29) is 17.2 Å². The number of fused-ring (bicyclic) bond motifs is 1. The summed E-state index contributed by atoms with van der Waals surface area (Å²) in [5.41, 5.74) is 4.27. The Morgan fingerprint density at radius 1 is 1.06 bits per heavy atom. The Morgan fingerprint density at radius 2 is 1.84 bits per heavy atom. The smallest absolute Gasteiger partial charge is 0.211 e. The zero-order valence-electron chi connectivity index (χ0n) is 18.0. The summed E-state index contributed by atoms with van der Waals surface area (Å²) in [5, 5.41) is 5.13. The molecule has 0 aliphatic carbocycles. The molecule has 31 heavy (non-hydrogen) atoms. The van der Waals surface area contributed by atoms with Crippen LogP contribution in [0.25, 0.3) is 27.6 Å². The van der Waals surface area contributed by atoms with Crippen molar-refractivity contribution in [2.75, 3.05) is 14.1 Å². The van der Waals surface area contributed by atoms with Crippen LogP contribution in [0.4, 0.5) is 5.69 Å². The van der Waals surface area contributed by atoms with Crippen LogP contribution in [0, 0.1) is 11.8 Å². The monoisotopic (exact) mass is 412 g/mol. The van der Waals surface area contributed by atoms with Crippen LogP contribution >= 0.6 is 0 Å². The Bertz CT molecular complexity index is 1340. The van der Waals surface area contributed by atoms with Gasteiger partial charge in [0.15, 0.2) is 5.69 Å². The van der Waals surface area contributed by atoms with E-state index in [0.29, 0.717) is 0 Å². The maximum absolute atomic E-state index is 12.3. The van der Waals surface area contributed by atoms with Gasteiger partial charge in [0.1, 0.15) is 0 Å². The number of benzene rings is 2.